The maximum absolute atomic E-state index is 10.9. The summed E-state index contributed by atoms with van der Waals surface area (Å²) in [7, 11) is 3.08. The number of hydrogen-bond acceptors (Lipinski definition) is 5. The average molecular weight is 254 g/mol. The van der Waals surface area contributed by atoms with Crippen LogP contribution in [0.1, 0.15) is 11.1 Å². The first-order valence-corrected chi connectivity index (χ1v) is 5.54. The number of rotatable bonds is 6. The fourth-order valence-electron chi connectivity index (χ4n) is 1.68. The molecule has 0 atom stereocenters. The van der Waals surface area contributed by atoms with Crippen LogP contribution in [0.4, 0.5) is 11.4 Å². The number of nitro groups is 1. The molecule has 1 aromatic rings. The van der Waals surface area contributed by atoms with E-state index in [1.165, 1.54) is 6.07 Å². The van der Waals surface area contributed by atoms with Gasteiger partial charge >= 0.3 is 0 Å². The zero-order valence-electron chi connectivity index (χ0n) is 11.0. The molecule has 100 valence electrons. The molecule has 0 aliphatic carbocycles. The van der Waals surface area contributed by atoms with Crippen LogP contribution in [-0.4, -0.2) is 32.0 Å². The van der Waals surface area contributed by atoms with Crippen molar-refractivity contribution in [2.24, 2.45) is 0 Å². The lowest BCUT2D eigenvalue weighted by Crippen LogP contribution is -2.24. The summed E-state index contributed by atoms with van der Waals surface area (Å²) in [6, 6.07) is 3.32. The molecule has 0 saturated heterocycles. The Balaban J connectivity index is 2.88. The number of anilines is 1. The molecule has 1 rings (SSSR count). The molecule has 0 aliphatic rings. The van der Waals surface area contributed by atoms with Gasteiger partial charge in [-0.15, -0.1) is 0 Å². The Morgan fingerprint density at radius 3 is 2.39 bits per heavy atom. The second-order valence-electron chi connectivity index (χ2n) is 3.99. The lowest BCUT2D eigenvalue weighted by molar-refractivity contribution is -0.385. The molecule has 0 spiro atoms. The Morgan fingerprint density at radius 2 is 1.89 bits per heavy atom. The topological polar surface area (TPSA) is 73.6 Å². The fraction of sp³-hybridized carbons (Fsp3) is 0.500. The van der Waals surface area contributed by atoms with Crippen molar-refractivity contribution in [3.05, 3.63) is 33.4 Å². The lowest BCUT2D eigenvalue weighted by atomic mass is 10.1. The van der Waals surface area contributed by atoms with Crippen LogP contribution in [-0.2, 0) is 9.47 Å². The van der Waals surface area contributed by atoms with Crippen molar-refractivity contribution in [3.63, 3.8) is 0 Å². The minimum absolute atomic E-state index is 0.106. The van der Waals surface area contributed by atoms with Crippen molar-refractivity contribution in [1.82, 2.24) is 0 Å². The molecule has 6 nitrogen and oxygen atoms in total. The third kappa shape index (κ3) is 3.41. The monoisotopic (exact) mass is 254 g/mol. The Morgan fingerprint density at radius 1 is 1.28 bits per heavy atom. The van der Waals surface area contributed by atoms with E-state index in [0.717, 1.165) is 5.56 Å². The van der Waals surface area contributed by atoms with Gasteiger partial charge in [-0.3, -0.25) is 10.1 Å². The lowest BCUT2D eigenvalue weighted by Gasteiger charge is -2.16. The second-order valence-corrected chi connectivity index (χ2v) is 3.99. The molecule has 1 N–H and O–H groups in total. The highest BCUT2D eigenvalue weighted by Gasteiger charge is 2.14. The van der Waals surface area contributed by atoms with Crippen molar-refractivity contribution in [3.8, 4) is 0 Å². The van der Waals surface area contributed by atoms with Gasteiger partial charge in [0.15, 0.2) is 6.29 Å². The van der Waals surface area contributed by atoms with Crippen molar-refractivity contribution >= 4 is 11.4 Å². The number of nitrogens with one attached hydrogen (secondary N) is 1. The molecule has 0 aliphatic heterocycles. The number of nitro benzene ring substituents is 1. The van der Waals surface area contributed by atoms with E-state index in [1.54, 1.807) is 27.2 Å². The van der Waals surface area contributed by atoms with Gasteiger partial charge in [-0.2, -0.15) is 0 Å². The van der Waals surface area contributed by atoms with E-state index in [-0.39, 0.29) is 16.9 Å². The van der Waals surface area contributed by atoms with Gasteiger partial charge in [0.1, 0.15) is 0 Å². The zero-order valence-corrected chi connectivity index (χ0v) is 11.0. The zero-order chi connectivity index (χ0) is 13.7. The van der Waals surface area contributed by atoms with E-state index >= 15 is 0 Å². The molecule has 6 heteroatoms. The number of methoxy groups -OCH3 is 2. The number of ether oxygens (including phenoxy) is 2. The molecular formula is C12H18N2O4. The summed E-state index contributed by atoms with van der Waals surface area (Å²) < 4.78 is 10.1. The summed E-state index contributed by atoms with van der Waals surface area (Å²) >= 11 is 0. The smallest absolute Gasteiger partial charge is 0.274 e. The normalized spacial score (nSPS) is 10.7. The van der Waals surface area contributed by atoms with E-state index in [2.05, 4.69) is 5.32 Å². The minimum Gasteiger partial charge on any atom is -0.380 e. The molecule has 18 heavy (non-hydrogen) atoms. The molecule has 0 bridgehead atoms. The Labute approximate surface area is 106 Å². The highest BCUT2D eigenvalue weighted by molar-refractivity contribution is 5.60. The van der Waals surface area contributed by atoms with Crippen LogP contribution in [0, 0.1) is 24.0 Å². The van der Waals surface area contributed by atoms with Crippen LogP contribution in [0.25, 0.3) is 0 Å². The van der Waals surface area contributed by atoms with Gasteiger partial charge in [0, 0.05) is 31.5 Å². The maximum atomic E-state index is 10.9. The van der Waals surface area contributed by atoms with E-state index in [9.17, 15) is 10.1 Å². The summed E-state index contributed by atoms with van der Waals surface area (Å²) in [6.45, 7) is 4.05. The number of nitrogens with zero attached hydrogens (tertiary/aromatic N) is 1. The third-order valence-corrected chi connectivity index (χ3v) is 2.72. The predicted octanol–water partition coefficient (Wildman–Crippen LogP) is 2.24. The summed E-state index contributed by atoms with van der Waals surface area (Å²) in [5.74, 6) is 0. The van der Waals surface area contributed by atoms with Crippen molar-refractivity contribution in [2.75, 3.05) is 26.1 Å². The van der Waals surface area contributed by atoms with Gasteiger partial charge in [-0.1, -0.05) is 0 Å². The van der Waals surface area contributed by atoms with Crippen LogP contribution in [0.15, 0.2) is 12.1 Å². The predicted molar refractivity (Wildman–Crippen MR) is 68.9 cm³/mol. The van der Waals surface area contributed by atoms with E-state index < -0.39 is 0 Å². The van der Waals surface area contributed by atoms with Gasteiger partial charge in [-0.25, -0.2) is 0 Å². The molecule has 0 fully saturated rings. The first-order valence-electron chi connectivity index (χ1n) is 5.54. The fourth-order valence-corrected chi connectivity index (χ4v) is 1.68. The first-order chi connectivity index (χ1) is 8.49. The molecule has 0 unspecified atom stereocenters. The average Bonchev–Trinajstić information content (AvgIpc) is 2.32. The highest BCUT2D eigenvalue weighted by Crippen LogP contribution is 2.26. The highest BCUT2D eigenvalue weighted by atomic mass is 16.7. The van der Waals surface area contributed by atoms with Gasteiger partial charge < -0.3 is 14.8 Å². The molecule has 1 aromatic carbocycles. The molecule has 0 aromatic heterocycles. The van der Waals surface area contributed by atoms with Crippen LogP contribution in [0.5, 0.6) is 0 Å². The summed E-state index contributed by atoms with van der Waals surface area (Å²) in [4.78, 5) is 10.5. The summed E-state index contributed by atoms with van der Waals surface area (Å²) in [5, 5.41) is 13.9. The standard InChI is InChI=1S/C12H18N2O4/c1-8-5-9(2)11(14(15)16)6-10(8)13-7-12(17-3)18-4/h5-6,12-13H,7H2,1-4H3. The molecule has 0 heterocycles. The molecule has 0 radical (unpaired) electrons. The van der Waals surface area contributed by atoms with Crippen LogP contribution in [0.3, 0.4) is 0 Å². The number of aryl methyl sites for hydroxylation is 2. The summed E-state index contributed by atoms with van der Waals surface area (Å²) in [5.41, 5.74) is 2.42. The van der Waals surface area contributed by atoms with E-state index in [4.69, 9.17) is 9.47 Å². The number of benzene rings is 1. The first kappa shape index (κ1) is 14.4. The van der Waals surface area contributed by atoms with Gasteiger partial charge in [-0.05, 0) is 25.5 Å². The number of hydrogen-bond donors (Lipinski definition) is 1. The largest absolute Gasteiger partial charge is 0.380 e. The summed E-state index contributed by atoms with van der Waals surface area (Å²) in [6.07, 6.45) is -0.384. The van der Waals surface area contributed by atoms with Gasteiger partial charge in [0.05, 0.1) is 11.5 Å². The van der Waals surface area contributed by atoms with Crippen molar-refractivity contribution in [1.29, 1.82) is 0 Å². The Bertz CT molecular complexity index is 430. The van der Waals surface area contributed by atoms with Crippen molar-refractivity contribution < 1.29 is 14.4 Å². The molecular weight excluding hydrogens is 236 g/mol. The van der Waals surface area contributed by atoms with Crippen LogP contribution in [0.2, 0.25) is 0 Å². The Hall–Kier alpha value is -1.66. The maximum Gasteiger partial charge on any atom is 0.274 e. The molecule has 0 saturated carbocycles. The third-order valence-electron chi connectivity index (χ3n) is 2.72. The van der Waals surface area contributed by atoms with E-state index in [1.807, 2.05) is 6.92 Å². The van der Waals surface area contributed by atoms with Gasteiger partial charge in [0.25, 0.3) is 5.69 Å². The SMILES string of the molecule is COC(CNc1cc([N+](=O)[O-])c(C)cc1C)OC. The quantitative estimate of drug-likeness (QED) is 0.479. The Kier molecular flexibility index (Phi) is 5.06. The second kappa shape index (κ2) is 6.32. The van der Waals surface area contributed by atoms with Crippen molar-refractivity contribution in [2.45, 2.75) is 20.1 Å². The van der Waals surface area contributed by atoms with Crippen LogP contribution >= 0.6 is 0 Å². The van der Waals surface area contributed by atoms with E-state index in [0.29, 0.717) is 17.8 Å². The van der Waals surface area contributed by atoms with Crippen LogP contribution < -0.4 is 5.32 Å². The molecule has 0 amide bonds. The minimum atomic E-state index is -0.385. The van der Waals surface area contributed by atoms with Gasteiger partial charge in [0.2, 0.25) is 0 Å².